The molecule has 1 aromatic carbocycles. The average molecular weight is 334 g/mol. The molecule has 1 aliphatic heterocycles. The van der Waals surface area contributed by atoms with Crippen molar-refractivity contribution in [2.75, 3.05) is 0 Å². The zero-order valence-corrected chi connectivity index (χ0v) is 13.0. The van der Waals surface area contributed by atoms with Gasteiger partial charge in [0.25, 0.3) is 5.69 Å². The lowest BCUT2D eigenvalue weighted by molar-refractivity contribution is -0.384. The Hall–Kier alpha value is -2.85. The molecule has 1 heterocycles. The van der Waals surface area contributed by atoms with Crippen LogP contribution >= 0.6 is 11.6 Å². The Bertz CT molecular complexity index is 821. The van der Waals surface area contributed by atoms with E-state index >= 15 is 0 Å². The molecule has 8 heteroatoms. The first-order valence-electron chi connectivity index (χ1n) is 6.51. The zero-order valence-electron chi connectivity index (χ0n) is 12.3. The maximum absolute atomic E-state index is 12.0. The number of nitriles is 1. The Balaban J connectivity index is 2.77. The molecule has 118 valence electrons. The molecule has 0 amide bonds. The van der Waals surface area contributed by atoms with Crippen LogP contribution in [0.3, 0.4) is 0 Å². The Morgan fingerprint density at radius 3 is 2.70 bits per heavy atom. The molecule has 0 bridgehead atoms. The topological polar surface area (TPSA) is 119 Å². The van der Waals surface area contributed by atoms with Crippen molar-refractivity contribution in [3.05, 3.63) is 61.7 Å². The number of carbonyl (C=O) groups is 1. The number of hydrogen-bond acceptors (Lipinski definition) is 6. The van der Waals surface area contributed by atoms with Gasteiger partial charge in [-0.1, -0.05) is 11.6 Å². The number of benzene rings is 1. The van der Waals surface area contributed by atoms with Crippen molar-refractivity contribution in [2.24, 2.45) is 5.73 Å². The number of nitro benzene ring substituents is 1. The van der Waals surface area contributed by atoms with Crippen LogP contribution in [0.4, 0.5) is 5.69 Å². The van der Waals surface area contributed by atoms with Crippen molar-refractivity contribution in [3.8, 4) is 6.07 Å². The maximum Gasteiger partial charge on any atom is 0.269 e. The number of nitro groups is 1. The lowest BCUT2D eigenvalue weighted by Gasteiger charge is -2.27. The number of non-ortho nitro benzene ring substituents is 1. The second-order valence-electron chi connectivity index (χ2n) is 4.91. The number of ketones is 1. The number of carbonyl (C=O) groups excluding carboxylic acids is 1. The van der Waals surface area contributed by atoms with Gasteiger partial charge in [0, 0.05) is 22.7 Å². The number of nitrogens with two attached hydrogens (primary N) is 1. The van der Waals surface area contributed by atoms with Crippen molar-refractivity contribution in [1.29, 1.82) is 5.26 Å². The van der Waals surface area contributed by atoms with Crippen LogP contribution < -0.4 is 5.73 Å². The van der Waals surface area contributed by atoms with E-state index in [4.69, 9.17) is 22.1 Å². The smallest absolute Gasteiger partial charge is 0.269 e. The van der Waals surface area contributed by atoms with E-state index in [1.807, 2.05) is 6.07 Å². The zero-order chi connectivity index (χ0) is 17.3. The van der Waals surface area contributed by atoms with Crippen LogP contribution in [0.2, 0.25) is 5.02 Å². The fraction of sp³-hybridized carbons (Fsp3) is 0.200. The van der Waals surface area contributed by atoms with Crippen LogP contribution in [0.25, 0.3) is 0 Å². The van der Waals surface area contributed by atoms with Gasteiger partial charge in [0.15, 0.2) is 5.78 Å². The minimum Gasteiger partial charge on any atom is -0.445 e. The van der Waals surface area contributed by atoms with E-state index < -0.39 is 10.8 Å². The molecule has 0 fully saturated rings. The molecule has 0 saturated heterocycles. The number of allylic oxidation sites excluding steroid dienone is 3. The van der Waals surface area contributed by atoms with Gasteiger partial charge in [-0.2, -0.15) is 5.26 Å². The summed E-state index contributed by atoms with van der Waals surface area (Å²) in [6.07, 6.45) is 0. The number of halogens is 1. The molecule has 1 aliphatic rings. The summed E-state index contributed by atoms with van der Waals surface area (Å²) >= 11 is 6.15. The van der Waals surface area contributed by atoms with E-state index in [0.717, 1.165) is 0 Å². The molecule has 0 unspecified atom stereocenters. The molecule has 23 heavy (non-hydrogen) atoms. The summed E-state index contributed by atoms with van der Waals surface area (Å²) in [6.45, 7) is 2.85. The lowest BCUT2D eigenvalue weighted by atomic mass is 9.81. The third-order valence-electron chi connectivity index (χ3n) is 3.49. The molecule has 0 aromatic heterocycles. The molecule has 2 N–H and O–H groups in total. The highest BCUT2D eigenvalue weighted by Crippen LogP contribution is 2.42. The number of hydrogen-bond donors (Lipinski definition) is 1. The van der Waals surface area contributed by atoms with Crippen LogP contribution in [0.15, 0.2) is 41.0 Å². The van der Waals surface area contributed by atoms with E-state index in [1.165, 1.54) is 32.0 Å². The second kappa shape index (κ2) is 6.10. The van der Waals surface area contributed by atoms with Gasteiger partial charge < -0.3 is 10.5 Å². The minimum absolute atomic E-state index is 0.0109. The largest absolute Gasteiger partial charge is 0.445 e. The quantitative estimate of drug-likeness (QED) is 0.670. The van der Waals surface area contributed by atoms with Gasteiger partial charge in [-0.05, 0) is 25.5 Å². The van der Waals surface area contributed by atoms with Crippen LogP contribution in [-0.4, -0.2) is 10.7 Å². The Morgan fingerprint density at radius 2 is 2.17 bits per heavy atom. The SMILES string of the molecule is CC(=O)C1=C(C)OC(N)=C(C#N)[C@@H]1c1cc([N+](=O)[O-])ccc1Cl. The average Bonchev–Trinajstić information content (AvgIpc) is 2.46. The standard InChI is InChI=1S/C15H12ClN3O4/c1-7(20)13-8(2)23-15(18)11(6-17)14(13)10-5-9(19(21)22)3-4-12(10)16/h3-5,14H,18H2,1-2H3/t14-/m0/s1. The summed E-state index contributed by atoms with van der Waals surface area (Å²) in [6, 6.07) is 5.73. The van der Waals surface area contributed by atoms with E-state index in [1.54, 1.807) is 0 Å². The van der Waals surface area contributed by atoms with E-state index in [9.17, 15) is 20.2 Å². The summed E-state index contributed by atoms with van der Waals surface area (Å²) in [5.74, 6) is -1.15. The van der Waals surface area contributed by atoms with Crippen LogP contribution in [0, 0.1) is 21.4 Å². The Morgan fingerprint density at radius 1 is 1.52 bits per heavy atom. The second-order valence-corrected chi connectivity index (χ2v) is 5.32. The normalized spacial score (nSPS) is 17.6. The summed E-state index contributed by atoms with van der Waals surface area (Å²) < 4.78 is 5.25. The molecule has 0 aliphatic carbocycles. The van der Waals surface area contributed by atoms with Crippen LogP contribution in [0.1, 0.15) is 25.3 Å². The molecule has 0 spiro atoms. The van der Waals surface area contributed by atoms with Crippen molar-refractivity contribution in [2.45, 2.75) is 19.8 Å². The number of ether oxygens (including phenoxy) is 1. The highest BCUT2D eigenvalue weighted by atomic mass is 35.5. The molecule has 1 atom stereocenters. The van der Waals surface area contributed by atoms with Crippen LogP contribution in [-0.2, 0) is 9.53 Å². The van der Waals surface area contributed by atoms with E-state index in [2.05, 4.69) is 0 Å². The highest BCUT2D eigenvalue weighted by molar-refractivity contribution is 6.31. The van der Waals surface area contributed by atoms with Crippen molar-refractivity contribution < 1.29 is 14.5 Å². The highest BCUT2D eigenvalue weighted by Gasteiger charge is 2.35. The molecule has 7 nitrogen and oxygen atoms in total. The maximum atomic E-state index is 12.0. The van der Waals surface area contributed by atoms with Gasteiger partial charge in [-0.25, -0.2) is 0 Å². The van der Waals surface area contributed by atoms with Gasteiger partial charge in [0.2, 0.25) is 5.88 Å². The summed E-state index contributed by atoms with van der Waals surface area (Å²) in [4.78, 5) is 22.4. The molecule has 2 rings (SSSR count). The molecule has 0 saturated carbocycles. The van der Waals surface area contributed by atoms with Gasteiger partial charge in [-0.3, -0.25) is 14.9 Å². The fourth-order valence-corrected chi connectivity index (χ4v) is 2.74. The third kappa shape index (κ3) is 2.89. The van der Waals surface area contributed by atoms with Gasteiger partial charge >= 0.3 is 0 Å². The number of rotatable bonds is 3. The minimum atomic E-state index is -0.904. The molecule has 1 aromatic rings. The molecule has 0 radical (unpaired) electrons. The lowest BCUT2D eigenvalue weighted by Crippen LogP contribution is -2.23. The summed E-state index contributed by atoms with van der Waals surface area (Å²) in [7, 11) is 0. The Kier molecular flexibility index (Phi) is 4.38. The first kappa shape index (κ1) is 16.5. The predicted molar refractivity (Wildman–Crippen MR) is 82.1 cm³/mol. The monoisotopic (exact) mass is 333 g/mol. The van der Waals surface area contributed by atoms with Crippen molar-refractivity contribution in [3.63, 3.8) is 0 Å². The van der Waals surface area contributed by atoms with Gasteiger partial charge in [0.1, 0.15) is 17.4 Å². The van der Waals surface area contributed by atoms with Crippen molar-refractivity contribution >= 4 is 23.1 Å². The summed E-state index contributed by atoms with van der Waals surface area (Å²) in [5, 5.41) is 20.6. The van der Waals surface area contributed by atoms with E-state index in [0.29, 0.717) is 0 Å². The fourth-order valence-electron chi connectivity index (χ4n) is 2.51. The number of Topliss-reactive ketones (excluding diaryl/α,β-unsaturated/α-hetero) is 1. The van der Waals surface area contributed by atoms with Gasteiger partial charge in [-0.15, -0.1) is 0 Å². The first-order valence-corrected chi connectivity index (χ1v) is 6.88. The third-order valence-corrected chi connectivity index (χ3v) is 3.83. The summed E-state index contributed by atoms with van der Waals surface area (Å²) in [5.41, 5.74) is 5.97. The van der Waals surface area contributed by atoms with Gasteiger partial charge in [0.05, 0.1) is 10.8 Å². The molecular formula is C15H12ClN3O4. The molecular weight excluding hydrogens is 322 g/mol. The number of nitrogens with zero attached hydrogens (tertiary/aromatic N) is 2. The predicted octanol–water partition coefficient (Wildman–Crippen LogP) is 2.92. The van der Waals surface area contributed by atoms with Crippen molar-refractivity contribution in [1.82, 2.24) is 0 Å². The Labute approximate surface area is 136 Å². The first-order chi connectivity index (χ1) is 10.8. The van der Waals surface area contributed by atoms with Crippen LogP contribution in [0.5, 0.6) is 0 Å². The van der Waals surface area contributed by atoms with E-state index in [-0.39, 0.29) is 44.8 Å².